The summed E-state index contributed by atoms with van der Waals surface area (Å²) in [6.07, 6.45) is 2.44. The molecule has 0 aliphatic rings. The average Bonchev–Trinajstić information content (AvgIpc) is 2.41. The topological polar surface area (TPSA) is 67.8 Å². The van der Waals surface area contributed by atoms with Crippen LogP contribution < -0.4 is 10.5 Å². The van der Waals surface area contributed by atoms with Crippen molar-refractivity contribution in [2.75, 3.05) is 6.61 Å². The standard InChI is InChI=1S/C14H20ClFN2O2/c1-14(2,13(17)18-19)7-3-4-8-20-10-5-6-11(15)12(16)9-10/h5-6,9,19H,3-4,7-8H2,1-2H3,(H2,17,18). The maximum Gasteiger partial charge on any atom is 0.145 e. The van der Waals surface area contributed by atoms with Gasteiger partial charge in [0.05, 0.1) is 11.6 Å². The predicted octanol–water partition coefficient (Wildman–Crippen LogP) is 3.80. The molecular weight excluding hydrogens is 283 g/mol. The summed E-state index contributed by atoms with van der Waals surface area (Å²) in [6, 6.07) is 4.36. The monoisotopic (exact) mass is 302 g/mol. The molecule has 1 aromatic carbocycles. The van der Waals surface area contributed by atoms with Crippen molar-refractivity contribution in [1.29, 1.82) is 0 Å². The molecule has 0 radical (unpaired) electrons. The third-order valence-corrected chi connectivity index (χ3v) is 3.46. The van der Waals surface area contributed by atoms with E-state index >= 15 is 0 Å². The largest absolute Gasteiger partial charge is 0.493 e. The molecule has 3 N–H and O–H groups in total. The summed E-state index contributed by atoms with van der Waals surface area (Å²) < 4.78 is 18.6. The van der Waals surface area contributed by atoms with E-state index < -0.39 is 5.82 Å². The van der Waals surface area contributed by atoms with Gasteiger partial charge in [-0.25, -0.2) is 4.39 Å². The van der Waals surface area contributed by atoms with Gasteiger partial charge in [-0.1, -0.05) is 30.6 Å². The minimum absolute atomic E-state index is 0.0814. The predicted molar refractivity (Wildman–Crippen MR) is 77.9 cm³/mol. The number of unbranched alkanes of at least 4 members (excludes halogenated alkanes) is 1. The number of halogens is 2. The zero-order valence-electron chi connectivity index (χ0n) is 11.7. The van der Waals surface area contributed by atoms with Crippen LogP contribution in [-0.4, -0.2) is 17.6 Å². The SMILES string of the molecule is CC(C)(CCCCOc1ccc(Cl)c(F)c1)/C(N)=N/O. The first-order chi connectivity index (χ1) is 9.36. The van der Waals surface area contributed by atoms with Crippen LogP contribution in [0.5, 0.6) is 5.75 Å². The van der Waals surface area contributed by atoms with Gasteiger partial charge in [0, 0.05) is 11.5 Å². The van der Waals surface area contributed by atoms with Crippen LogP contribution in [0.25, 0.3) is 0 Å². The quantitative estimate of drug-likeness (QED) is 0.265. The number of benzene rings is 1. The molecule has 0 spiro atoms. The number of nitrogens with two attached hydrogens (primary N) is 1. The van der Waals surface area contributed by atoms with E-state index in [4.69, 9.17) is 27.3 Å². The molecule has 1 aromatic rings. The Morgan fingerprint density at radius 2 is 2.15 bits per heavy atom. The van der Waals surface area contributed by atoms with Crippen LogP contribution in [0, 0.1) is 11.2 Å². The average molecular weight is 303 g/mol. The molecule has 0 aromatic heterocycles. The molecule has 0 fully saturated rings. The van der Waals surface area contributed by atoms with E-state index in [0.717, 1.165) is 19.3 Å². The van der Waals surface area contributed by atoms with Crippen molar-refractivity contribution in [2.24, 2.45) is 16.3 Å². The molecule has 0 atom stereocenters. The van der Waals surface area contributed by atoms with Crippen LogP contribution in [-0.2, 0) is 0 Å². The molecular formula is C14H20ClFN2O2. The second kappa shape index (κ2) is 7.33. The van der Waals surface area contributed by atoms with Crippen LogP contribution in [0.3, 0.4) is 0 Å². The molecule has 1 rings (SSSR count). The second-order valence-electron chi connectivity index (χ2n) is 5.25. The molecule has 0 saturated carbocycles. The van der Waals surface area contributed by atoms with Crippen molar-refractivity contribution >= 4 is 17.4 Å². The minimum Gasteiger partial charge on any atom is -0.493 e. The minimum atomic E-state index is -0.489. The van der Waals surface area contributed by atoms with Gasteiger partial charge in [-0.05, 0) is 31.4 Å². The Hall–Kier alpha value is -1.49. The summed E-state index contributed by atoms with van der Waals surface area (Å²) in [7, 11) is 0. The summed E-state index contributed by atoms with van der Waals surface area (Å²) in [4.78, 5) is 0. The smallest absolute Gasteiger partial charge is 0.145 e. The summed E-state index contributed by atoms with van der Waals surface area (Å²) in [5.74, 6) is 0.193. The van der Waals surface area contributed by atoms with Crippen molar-refractivity contribution in [1.82, 2.24) is 0 Å². The van der Waals surface area contributed by atoms with Gasteiger partial charge < -0.3 is 15.7 Å². The summed E-state index contributed by atoms with van der Waals surface area (Å²) in [6.45, 7) is 4.31. The first-order valence-electron chi connectivity index (χ1n) is 6.42. The highest BCUT2D eigenvalue weighted by atomic mass is 35.5. The fourth-order valence-corrected chi connectivity index (χ4v) is 1.81. The Labute approximate surface area is 123 Å². The van der Waals surface area contributed by atoms with Gasteiger partial charge in [-0.15, -0.1) is 0 Å². The third-order valence-electron chi connectivity index (χ3n) is 3.16. The first-order valence-corrected chi connectivity index (χ1v) is 6.80. The van der Waals surface area contributed by atoms with Gasteiger partial charge in [-0.2, -0.15) is 0 Å². The third kappa shape index (κ3) is 4.89. The van der Waals surface area contributed by atoms with Crippen LogP contribution >= 0.6 is 11.6 Å². The van der Waals surface area contributed by atoms with E-state index in [1.54, 1.807) is 6.07 Å². The van der Waals surface area contributed by atoms with E-state index in [9.17, 15) is 4.39 Å². The Kier molecular flexibility index (Phi) is 6.07. The van der Waals surface area contributed by atoms with Gasteiger partial charge in [0.25, 0.3) is 0 Å². The van der Waals surface area contributed by atoms with Crippen molar-refractivity contribution in [3.8, 4) is 5.75 Å². The fraction of sp³-hybridized carbons (Fsp3) is 0.500. The number of oxime groups is 1. The number of ether oxygens (including phenoxy) is 1. The van der Waals surface area contributed by atoms with Gasteiger partial charge >= 0.3 is 0 Å². The summed E-state index contributed by atoms with van der Waals surface area (Å²) >= 11 is 5.58. The molecule has 6 heteroatoms. The number of hydrogen-bond donors (Lipinski definition) is 2. The Bertz CT molecular complexity index is 478. The Balaban J connectivity index is 2.30. The molecule has 0 aliphatic heterocycles. The van der Waals surface area contributed by atoms with E-state index in [1.165, 1.54) is 12.1 Å². The highest BCUT2D eigenvalue weighted by molar-refractivity contribution is 6.30. The lowest BCUT2D eigenvalue weighted by Gasteiger charge is -2.22. The van der Waals surface area contributed by atoms with E-state index in [-0.39, 0.29) is 16.3 Å². The number of amidine groups is 1. The van der Waals surface area contributed by atoms with Crippen molar-refractivity contribution in [2.45, 2.75) is 33.1 Å². The molecule has 0 saturated heterocycles. The van der Waals surface area contributed by atoms with Crippen LogP contribution in [0.2, 0.25) is 5.02 Å². The molecule has 4 nitrogen and oxygen atoms in total. The number of nitrogens with zero attached hydrogens (tertiary/aromatic N) is 1. The normalized spacial score (nSPS) is 12.5. The molecule has 0 amide bonds. The van der Waals surface area contributed by atoms with Crippen molar-refractivity contribution in [3.63, 3.8) is 0 Å². The molecule has 0 bridgehead atoms. The van der Waals surface area contributed by atoms with Crippen LogP contribution in [0.1, 0.15) is 33.1 Å². The van der Waals surface area contributed by atoms with Gasteiger partial charge in [0.1, 0.15) is 17.4 Å². The lowest BCUT2D eigenvalue weighted by molar-refractivity contribution is 0.287. The summed E-state index contributed by atoms with van der Waals surface area (Å²) in [5.41, 5.74) is 5.26. The van der Waals surface area contributed by atoms with Crippen LogP contribution in [0.15, 0.2) is 23.4 Å². The zero-order chi connectivity index (χ0) is 15.2. The Morgan fingerprint density at radius 3 is 2.75 bits per heavy atom. The van der Waals surface area contributed by atoms with E-state index in [2.05, 4.69) is 5.16 Å². The Morgan fingerprint density at radius 1 is 1.45 bits per heavy atom. The number of hydrogen-bond acceptors (Lipinski definition) is 3. The number of rotatable bonds is 7. The highest BCUT2D eigenvalue weighted by Crippen LogP contribution is 2.24. The molecule has 0 aliphatic carbocycles. The fourth-order valence-electron chi connectivity index (χ4n) is 1.69. The molecule has 0 unspecified atom stereocenters. The summed E-state index contributed by atoms with van der Waals surface area (Å²) in [5, 5.41) is 11.8. The van der Waals surface area contributed by atoms with Crippen LogP contribution in [0.4, 0.5) is 4.39 Å². The second-order valence-corrected chi connectivity index (χ2v) is 5.66. The maximum atomic E-state index is 13.2. The molecule has 20 heavy (non-hydrogen) atoms. The van der Waals surface area contributed by atoms with Crippen molar-refractivity contribution in [3.05, 3.63) is 29.0 Å². The molecule has 112 valence electrons. The van der Waals surface area contributed by atoms with Gasteiger partial charge in [0.2, 0.25) is 0 Å². The van der Waals surface area contributed by atoms with Gasteiger partial charge in [-0.3, -0.25) is 0 Å². The molecule has 0 heterocycles. The van der Waals surface area contributed by atoms with Gasteiger partial charge in [0.15, 0.2) is 0 Å². The highest BCUT2D eigenvalue weighted by Gasteiger charge is 2.22. The van der Waals surface area contributed by atoms with E-state index in [0.29, 0.717) is 12.4 Å². The van der Waals surface area contributed by atoms with Crippen molar-refractivity contribution < 1.29 is 14.3 Å². The first kappa shape index (κ1) is 16.6. The maximum absolute atomic E-state index is 13.2. The lowest BCUT2D eigenvalue weighted by Crippen LogP contribution is -2.31. The zero-order valence-corrected chi connectivity index (χ0v) is 12.5. The van der Waals surface area contributed by atoms with E-state index in [1.807, 2.05) is 13.8 Å². The lowest BCUT2D eigenvalue weighted by atomic mass is 9.86.